The zero-order valence-electron chi connectivity index (χ0n) is 7.24. The van der Waals surface area contributed by atoms with Crippen molar-refractivity contribution in [2.75, 3.05) is 5.32 Å². The van der Waals surface area contributed by atoms with Gasteiger partial charge in [0.25, 0.3) is 5.95 Å². The van der Waals surface area contributed by atoms with Gasteiger partial charge in [0.1, 0.15) is 0 Å². The van der Waals surface area contributed by atoms with Crippen LogP contribution in [0.2, 0.25) is 0 Å². The van der Waals surface area contributed by atoms with Gasteiger partial charge in [0.15, 0.2) is 0 Å². The molecule has 0 atom stereocenters. The molecule has 2 N–H and O–H groups in total. The third kappa shape index (κ3) is 2.08. The molecule has 0 aliphatic carbocycles. The molecule has 5 nitrogen and oxygen atoms in total. The van der Waals surface area contributed by atoms with Crippen LogP contribution in [0.4, 0.5) is 5.95 Å². The first-order chi connectivity index (χ1) is 6.86. The second-order valence-corrected chi connectivity index (χ2v) is 3.53. The van der Waals surface area contributed by atoms with Crippen molar-refractivity contribution in [1.29, 1.82) is 0 Å². The predicted molar refractivity (Wildman–Crippen MR) is 55.6 cm³/mol. The van der Waals surface area contributed by atoms with Crippen LogP contribution in [0.1, 0.15) is 5.56 Å². The highest BCUT2D eigenvalue weighted by Crippen LogP contribution is 2.16. The predicted octanol–water partition coefficient (Wildman–Crippen LogP) is 1.57. The van der Waals surface area contributed by atoms with Gasteiger partial charge in [0.05, 0.1) is 0 Å². The van der Waals surface area contributed by atoms with Crippen LogP contribution in [-0.2, 0) is 6.54 Å². The minimum atomic E-state index is 0.501. The first kappa shape index (κ1) is 9.14. The molecule has 2 aromatic rings. The Morgan fingerprint density at radius 1 is 1.36 bits per heavy atom. The van der Waals surface area contributed by atoms with Gasteiger partial charge in [0.2, 0.25) is 0 Å². The summed E-state index contributed by atoms with van der Waals surface area (Å²) in [6.45, 7) is 0.668. The molecule has 0 unspecified atom stereocenters. The summed E-state index contributed by atoms with van der Waals surface area (Å²) in [5, 5.41) is 16.4. The van der Waals surface area contributed by atoms with Crippen molar-refractivity contribution in [3.8, 4) is 0 Å². The standard InChI is InChI=1S/C8H8BrN5/c9-7-4-2-1-3-6(7)5-10-8-11-13-14-12-8/h1-4H,5H2,(H2,10,11,12,13,14). The van der Waals surface area contributed by atoms with Crippen molar-refractivity contribution in [2.45, 2.75) is 6.54 Å². The third-order valence-corrected chi connectivity index (χ3v) is 2.51. The third-order valence-electron chi connectivity index (χ3n) is 1.74. The number of hydrogen-bond donors (Lipinski definition) is 2. The van der Waals surface area contributed by atoms with Crippen LogP contribution >= 0.6 is 15.9 Å². The SMILES string of the molecule is Brc1ccccc1CNc1nn[nH]n1. The van der Waals surface area contributed by atoms with E-state index in [1.807, 2.05) is 24.3 Å². The smallest absolute Gasteiger partial charge is 0.263 e. The van der Waals surface area contributed by atoms with Gasteiger partial charge in [-0.2, -0.15) is 5.21 Å². The van der Waals surface area contributed by atoms with Crippen LogP contribution in [0.5, 0.6) is 0 Å². The van der Waals surface area contributed by atoms with Crippen molar-refractivity contribution in [2.24, 2.45) is 0 Å². The van der Waals surface area contributed by atoms with E-state index in [0.717, 1.165) is 10.0 Å². The van der Waals surface area contributed by atoms with Gasteiger partial charge >= 0.3 is 0 Å². The lowest BCUT2D eigenvalue weighted by molar-refractivity contribution is 0.881. The van der Waals surface area contributed by atoms with E-state index < -0.39 is 0 Å². The summed E-state index contributed by atoms with van der Waals surface area (Å²) in [5.74, 6) is 0.501. The van der Waals surface area contributed by atoms with Crippen LogP contribution in [0.15, 0.2) is 28.7 Å². The normalized spacial score (nSPS) is 10.1. The molecular weight excluding hydrogens is 246 g/mol. The van der Waals surface area contributed by atoms with Gasteiger partial charge in [-0.25, -0.2) is 0 Å². The van der Waals surface area contributed by atoms with Gasteiger partial charge in [-0.15, -0.1) is 5.10 Å². The summed E-state index contributed by atoms with van der Waals surface area (Å²) in [4.78, 5) is 0. The van der Waals surface area contributed by atoms with E-state index in [1.165, 1.54) is 0 Å². The van der Waals surface area contributed by atoms with Crippen molar-refractivity contribution < 1.29 is 0 Å². The first-order valence-electron chi connectivity index (χ1n) is 4.07. The Hall–Kier alpha value is -1.43. The quantitative estimate of drug-likeness (QED) is 0.872. The van der Waals surface area contributed by atoms with Crippen molar-refractivity contribution in [3.05, 3.63) is 34.3 Å². The Labute approximate surface area is 89.0 Å². The van der Waals surface area contributed by atoms with Crippen molar-refractivity contribution in [1.82, 2.24) is 20.6 Å². The van der Waals surface area contributed by atoms with E-state index >= 15 is 0 Å². The molecule has 0 aliphatic rings. The number of anilines is 1. The molecule has 14 heavy (non-hydrogen) atoms. The lowest BCUT2D eigenvalue weighted by Crippen LogP contribution is -2.01. The van der Waals surface area contributed by atoms with Crippen LogP contribution in [0, 0.1) is 0 Å². The first-order valence-corrected chi connectivity index (χ1v) is 4.86. The zero-order chi connectivity index (χ0) is 9.80. The minimum absolute atomic E-state index is 0.501. The van der Waals surface area contributed by atoms with E-state index in [4.69, 9.17) is 0 Å². The van der Waals surface area contributed by atoms with Crippen molar-refractivity contribution in [3.63, 3.8) is 0 Å². The summed E-state index contributed by atoms with van der Waals surface area (Å²) in [6, 6.07) is 7.98. The average Bonchev–Trinajstić information content (AvgIpc) is 2.69. The molecule has 72 valence electrons. The van der Waals surface area contributed by atoms with E-state index in [1.54, 1.807) is 0 Å². The lowest BCUT2D eigenvalue weighted by Gasteiger charge is -2.03. The number of aromatic amines is 1. The Kier molecular flexibility index (Phi) is 2.73. The summed E-state index contributed by atoms with van der Waals surface area (Å²) in [5.41, 5.74) is 1.15. The fraction of sp³-hybridized carbons (Fsp3) is 0.125. The maximum atomic E-state index is 3.79. The van der Waals surface area contributed by atoms with E-state index in [0.29, 0.717) is 12.5 Å². The number of rotatable bonds is 3. The molecule has 0 radical (unpaired) electrons. The molecular formula is C8H8BrN5. The number of hydrogen-bond acceptors (Lipinski definition) is 4. The highest BCUT2D eigenvalue weighted by Gasteiger charge is 1.99. The number of tetrazole rings is 1. The molecule has 0 spiro atoms. The second-order valence-electron chi connectivity index (χ2n) is 2.68. The van der Waals surface area contributed by atoms with Gasteiger partial charge < -0.3 is 5.32 Å². The molecule has 0 amide bonds. The Balaban J connectivity index is 2.02. The molecule has 1 heterocycles. The average molecular weight is 254 g/mol. The molecule has 2 rings (SSSR count). The van der Waals surface area contributed by atoms with Gasteiger partial charge in [0, 0.05) is 11.0 Å². The van der Waals surface area contributed by atoms with E-state index in [2.05, 4.69) is 41.9 Å². The number of aromatic nitrogens is 4. The largest absolute Gasteiger partial charge is 0.347 e. The molecule has 1 aromatic heterocycles. The fourth-order valence-electron chi connectivity index (χ4n) is 1.05. The Bertz CT molecular complexity index is 400. The van der Waals surface area contributed by atoms with Crippen molar-refractivity contribution >= 4 is 21.9 Å². The molecule has 0 aliphatic heterocycles. The second kappa shape index (κ2) is 4.19. The highest BCUT2D eigenvalue weighted by molar-refractivity contribution is 9.10. The Morgan fingerprint density at radius 2 is 2.21 bits per heavy atom. The van der Waals surface area contributed by atoms with Gasteiger partial charge in [-0.3, -0.25) is 0 Å². The summed E-state index contributed by atoms with van der Waals surface area (Å²) < 4.78 is 1.07. The number of H-pyrrole nitrogens is 1. The lowest BCUT2D eigenvalue weighted by atomic mass is 10.2. The summed E-state index contributed by atoms with van der Waals surface area (Å²) in [7, 11) is 0. The fourth-order valence-corrected chi connectivity index (χ4v) is 1.48. The molecule has 0 saturated heterocycles. The summed E-state index contributed by atoms with van der Waals surface area (Å²) >= 11 is 3.46. The Morgan fingerprint density at radius 3 is 2.93 bits per heavy atom. The molecule has 0 saturated carbocycles. The number of nitrogens with one attached hydrogen (secondary N) is 2. The van der Waals surface area contributed by atoms with Crippen LogP contribution < -0.4 is 5.32 Å². The van der Waals surface area contributed by atoms with Gasteiger partial charge in [-0.05, 0) is 16.8 Å². The monoisotopic (exact) mass is 253 g/mol. The van der Waals surface area contributed by atoms with Gasteiger partial charge in [-0.1, -0.05) is 39.2 Å². The zero-order valence-corrected chi connectivity index (χ0v) is 8.82. The molecule has 0 bridgehead atoms. The van der Waals surface area contributed by atoms with Crippen LogP contribution in [-0.4, -0.2) is 20.6 Å². The molecule has 0 fully saturated rings. The topological polar surface area (TPSA) is 66.5 Å². The van der Waals surface area contributed by atoms with E-state index in [-0.39, 0.29) is 0 Å². The number of halogens is 1. The molecule has 6 heteroatoms. The number of nitrogens with zero attached hydrogens (tertiary/aromatic N) is 3. The maximum absolute atomic E-state index is 3.79. The van der Waals surface area contributed by atoms with Crippen LogP contribution in [0.3, 0.4) is 0 Å². The minimum Gasteiger partial charge on any atom is -0.347 e. The number of benzene rings is 1. The van der Waals surface area contributed by atoms with Crippen LogP contribution in [0.25, 0.3) is 0 Å². The summed E-state index contributed by atoms with van der Waals surface area (Å²) in [6.07, 6.45) is 0. The molecule has 1 aromatic carbocycles. The highest BCUT2D eigenvalue weighted by atomic mass is 79.9. The van der Waals surface area contributed by atoms with E-state index in [9.17, 15) is 0 Å². The maximum Gasteiger partial charge on any atom is 0.263 e.